The topological polar surface area (TPSA) is 68.0 Å². The van der Waals surface area contributed by atoms with Crippen LogP contribution in [0.4, 0.5) is 5.69 Å². The highest BCUT2D eigenvalue weighted by molar-refractivity contribution is 7.09. The van der Waals surface area contributed by atoms with Crippen molar-refractivity contribution in [3.63, 3.8) is 0 Å². The number of halogens is 1. The Hall–Kier alpha value is -1.59. The molecule has 1 unspecified atom stereocenters. The van der Waals surface area contributed by atoms with Gasteiger partial charge >= 0.3 is 0 Å². The molecule has 0 saturated heterocycles. The predicted octanol–water partition coefficient (Wildman–Crippen LogP) is 2.99. The van der Waals surface area contributed by atoms with E-state index in [2.05, 4.69) is 10.3 Å². The number of thiazole rings is 1. The van der Waals surface area contributed by atoms with Gasteiger partial charge in [-0.1, -0.05) is 13.0 Å². The van der Waals surface area contributed by atoms with Crippen molar-refractivity contribution in [1.29, 1.82) is 0 Å². The van der Waals surface area contributed by atoms with Gasteiger partial charge in [0.05, 0.1) is 5.01 Å². The number of amides is 1. The number of nitrogen functional groups attached to an aromatic ring is 1. The molecular formula is C14H18ClN3OS. The van der Waals surface area contributed by atoms with Gasteiger partial charge < -0.3 is 11.1 Å². The van der Waals surface area contributed by atoms with Crippen molar-refractivity contribution in [1.82, 2.24) is 10.3 Å². The van der Waals surface area contributed by atoms with E-state index in [9.17, 15) is 4.79 Å². The zero-order valence-corrected chi connectivity index (χ0v) is 13.1. The Kier molecular flexibility index (Phi) is 5.98. The van der Waals surface area contributed by atoms with Crippen LogP contribution in [0.25, 0.3) is 0 Å². The number of nitrogens with zero attached hydrogens (tertiary/aromatic N) is 1. The number of rotatable bonds is 4. The standard InChI is InChI=1S/C14H17N3OS.ClH/c1-9-3-4-11(15)7-12(9)13(18)17-8-10(2)14-16-5-6-19-14;/h3-7,10H,8,15H2,1-2H3,(H,17,18);1H. The highest BCUT2D eigenvalue weighted by Gasteiger charge is 2.13. The Morgan fingerprint density at radius 3 is 2.90 bits per heavy atom. The third kappa shape index (κ3) is 3.95. The zero-order valence-electron chi connectivity index (χ0n) is 11.4. The number of nitrogens with one attached hydrogen (secondary N) is 1. The van der Waals surface area contributed by atoms with Gasteiger partial charge in [0.25, 0.3) is 5.91 Å². The molecule has 1 aromatic carbocycles. The van der Waals surface area contributed by atoms with E-state index in [-0.39, 0.29) is 24.2 Å². The first-order valence-electron chi connectivity index (χ1n) is 6.11. The van der Waals surface area contributed by atoms with Crippen LogP contribution in [0.5, 0.6) is 0 Å². The summed E-state index contributed by atoms with van der Waals surface area (Å²) in [4.78, 5) is 16.4. The number of anilines is 1. The van der Waals surface area contributed by atoms with Crippen molar-refractivity contribution < 1.29 is 4.79 Å². The maximum Gasteiger partial charge on any atom is 0.251 e. The van der Waals surface area contributed by atoms with Crippen LogP contribution in [0.2, 0.25) is 0 Å². The predicted molar refractivity (Wildman–Crippen MR) is 85.7 cm³/mol. The Bertz CT molecular complexity index is 572. The summed E-state index contributed by atoms with van der Waals surface area (Å²) in [6.45, 7) is 4.52. The van der Waals surface area contributed by atoms with Crippen LogP contribution < -0.4 is 11.1 Å². The van der Waals surface area contributed by atoms with Gasteiger partial charge in [0.15, 0.2) is 0 Å². The van der Waals surface area contributed by atoms with Gasteiger partial charge in [-0.15, -0.1) is 23.7 Å². The van der Waals surface area contributed by atoms with Crippen molar-refractivity contribution in [2.24, 2.45) is 0 Å². The lowest BCUT2D eigenvalue weighted by molar-refractivity contribution is 0.0951. The highest BCUT2D eigenvalue weighted by Crippen LogP contribution is 2.17. The van der Waals surface area contributed by atoms with Crippen LogP contribution in [-0.2, 0) is 0 Å². The molecule has 2 rings (SSSR count). The summed E-state index contributed by atoms with van der Waals surface area (Å²) in [5.41, 5.74) is 7.87. The lowest BCUT2D eigenvalue weighted by Gasteiger charge is -2.11. The Morgan fingerprint density at radius 2 is 2.25 bits per heavy atom. The SMILES string of the molecule is Cc1ccc(N)cc1C(=O)NCC(C)c1nccs1.Cl. The van der Waals surface area contributed by atoms with Crippen LogP contribution >= 0.6 is 23.7 Å². The molecule has 1 aromatic heterocycles. The first kappa shape index (κ1) is 16.5. The van der Waals surface area contributed by atoms with Crippen LogP contribution in [0.1, 0.15) is 33.8 Å². The van der Waals surface area contributed by atoms with Crippen LogP contribution in [0, 0.1) is 6.92 Å². The number of hydrogen-bond donors (Lipinski definition) is 2. The van der Waals surface area contributed by atoms with Crippen molar-refractivity contribution in [3.05, 3.63) is 45.9 Å². The molecule has 0 saturated carbocycles. The van der Waals surface area contributed by atoms with Crippen molar-refractivity contribution in [2.45, 2.75) is 19.8 Å². The Labute approximate surface area is 128 Å². The molecule has 1 amide bonds. The number of carbonyl (C=O) groups excluding carboxylic acids is 1. The quantitative estimate of drug-likeness (QED) is 0.853. The molecule has 1 atom stereocenters. The van der Waals surface area contributed by atoms with Gasteiger partial charge in [0.1, 0.15) is 0 Å². The van der Waals surface area contributed by atoms with E-state index in [4.69, 9.17) is 5.73 Å². The summed E-state index contributed by atoms with van der Waals surface area (Å²) in [6.07, 6.45) is 1.78. The van der Waals surface area contributed by atoms with Gasteiger partial charge in [0.2, 0.25) is 0 Å². The van der Waals surface area contributed by atoms with Crippen molar-refractivity contribution in [2.75, 3.05) is 12.3 Å². The Morgan fingerprint density at radius 1 is 1.50 bits per heavy atom. The minimum absolute atomic E-state index is 0. The number of carbonyl (C=O) groups is 1. The number of nitrogens with two attached hydrogens (primary N) is 1. The molecule has 4 nitrogen and oxygen atoms in total. The molecule has 0 bridgehead atoms. The summed E-state index contributed by atoms with van der Waals surface area (Å²) >= 11 is 1.60. The molecule has 0 fully saturated rings. The molecule has 0 aliphatic heterocycles. The second-order valence-corrected chi connectivity index (χ2v) is 5.48. The molecule has 3 N–H and O–H groups in total. The zero-order chi connectivity index (χ0) is 13.8. The summed E-state index contributed by atoms with van der Waals surface area (Å²) in [7, 11) is 0. The maximum absolute atomic E-state index is 12.1. The minimum Gasteiger partial charge on any atom is -0.399 e. The first-order chi connectivity index (χ1) is 9.08. The van der Waals surface area contributed by atoms with Gasteiger partial charge in [0, 0.05) is 35.3 Å². The lowest BCUT2D eigenvalue weighted by Crippen LogP contribution is -2.28. The van der Waals surface area contributed by atoms with Crippen LogP contribution in [-0.4, -0.2) is 17.4 Å². The molecule has 108 valence electrons. The van der Waals surface area contributed by atoms with Gasteiger partial charge in [-0.2, -0.15) is 0 Å². The average Bonchev–Trinajstić information content (AvgIpc) is 2.92. The minimum atomic E-state index is -0.0896. The van der Waals surface area contributed by atoms with E-state index < -0.39 is 0 Å². The average molecular weight is 312 g/mol. The fraction of sp³-hybridized carbons (Fsp3) is 0.286. The second-order valence-electron chi connectivity index (χ2n) is 4.56. The van der Waals surface area contributed by atoms with Crippen molar-refractivity contribution in [3.8, 4) is 0 Å². The van der Waals surface area contributed by atoms with E-state index in [1.54, 1.807) is 29.7 Å². The summed E-state index contributed by atoms with van der Waals surface area (Å²) < 4.78 is 0. The van der Waals surface area contributed by atoms with Gasteiger partial charge in [-0.05, 0) is 24.6 Å². The molecule has 2 aromatic rings. The fourth-order valence-electron chi connectivity index (χ4n) is 1.79. The maximum atomic E-state index is 12.1. The van der Waals surface area contributed by atoms with E-state index in [0.717, 1.165) is 10.6 Å². The monoisotopic (exact) mass is 311 g/mol. The molecule has 0 radical (unpaired) electrons. The molecular weight excluding hydrogens is 294 g/mol. The fourth-order valence-corrected chi connectivity index (χ4v) is 2.49. The highest BCUT2D eigenvalue weighted by atomic mass is 35.5. The largest absolute Gasteiger partial charge is 0.399 e. The van der Waals surface area contributed by atoms with Gasteiger partial charge in [-0.3, -0.25) is 4.79 Å². The summed E-state index contributed by atoms with van der Waals surface area (Å²) in [6, 6.07) is 5.36. The molecule has 20 heavy (non-hydrogen) atoms. The van der Waals surface area contributed by atoms with E-state index in [1.165, 1.54) is 0 Å². The number of aromatic nitrogens is 1. The number of benzene rings is 1. The first-order valence-corrected chi connectivity index (χ1v) is 6.99. The number of aryl methyl sites for hydroxylation is 1. The molecule has 0 aliphatic rings. The van der Waals surface area contributed by atoms with Crippen LogP contribution in [0.3, 0.4) is 0 Å². The third-order valence-electron chi connectivity index (χ3n) is 2.95. The molecule has 0 spiro atoms. The third-order valence-corrected chi connectivity index (χ3v) is 3.96. The molecule has 1 heterocycles. The van der Waals surface area contributed by atoms with Crippen LogP contribution in [0.15, 0.2) is 29.8 Å². The lowest BCUT2D eigenvalue weighted by atomic mass is 10.1. The van der Waals surface area contributed by atoms with E-state index >= 15 is 0 Å². The molecule has 6 heteroatoms. The summed E-state index contributed by atoms with van der Waals surface area (Å²) in [5.74, 6) is 0.124. The van der Waals surface area contributed by atoms with Gasteiger partial charge in [-0.25, -0.2) is 4.98 Å². The van der Waals surface area contributed by atoms with E-state index in [1.807, 2.05) is 25.3 Å². The normalized spacial score (nSPS) is 11.5. The molecule has 0 aliphatic carbocycles. The number of hydrogen-bond acceptors (Lipinski definition) is 4. The van der Waals surface area contributed by atoms with E-state index in [0.29, 0.717) is 17.8 Å². The summed E-state index contributed by atoms with van der Waals surface area (Å²) in [5, 5.41) is 5.90. The smallest absolute Gasteiger partial charge is 0.251 e. The Balaban J connectivity index is 0.00000200. The van der Waals surface area contributed by atoms with Crippen molar-refractivity contribution >= 4 is 35.3 Å². The second kappa shape index (κ2) is 7.26.